The zero-order chi connectivity index (χ0) is 8.20. The molecular formula is C8H9N2. The van der Waals surface area contributed by atoms with Crippen LogP contribution in [0.25, 0.3) is 0 Å². The van der Waals surface area contributed by atoms with Crippen molar-refractivity contribution in [2.45, 2.75) is 20.8 Å². The summed E-state index contributed by atoms with van der Waals surface area (Å²) in [4.78, 5) is 0. The molecule has 0 bridgehead atoms. The summed E-state index contributed by atoms with van der Waals surface area (Å²) in [5.41, 5.74) is 0.139. The molecule has 0 aliphatic heterocycles. The molecule has 10 heavy (non-hydrogen) atoms. The summed E-state index contributed by atoms with van der Waals surface area (Å²) < 4.78 is 0. The average molecular weight is 133 g/mol. The maximum atomic E-state index is 8.49. The predicted octanol–water partition coefficient (Wildman–Crippen LogP) is 1.81. The lowest BCUT2D eigenvalue weighted by Gasteiger charge is -2.14. The first-order valence-electron chi connectivity index (χ1n) is 2.95. The van der Waals surface area contributed by atoms with Crippen LogP contribution < -0.4 is 0 Å². The van der Waals surface area contributed by atoms with E-state index in [1.807, 2.05) is 26.8 Å². The largest absolute Gasteiger partial charge is 0.193 e. The van der Waals surface area contributed by atoms with Crippen LogP contribution in [0.4, 0.5) is 0 Å². The lowest BCUT2D eigenvalue weighted by atomic mass is 9.87. The summed E-state index contributed by atoms with van der Waals surface area (Å²) in [6.07, 6.45) is 2.33. The van der Waals surface area contributed by atoms with Gasteiger partial charge < -0.3 is 0 Å². The van der Waals surface area contributed by atoms with E-state index in [1.54, 1.807) is 6.07 Å². The Bertz CT molecular complexity index is 217. The Labute approximate surface area is 61.4 Å². The molecular weight excluding hydrogens is 124 g/mol. The fraction of sp³-hybridized carbons (Fsp3) is 0.500. The van der Waals surface area contributed by atoms with Crippen LogP contribution in [0.15, 0.2) is 5.57 Å². The smallest absolute Gasteiger partial charge is 0.102 e. The highest BCUT2D eigenvalue weighted by molar-refractivity contribution is 5.27. The standard InChI is InChI=1S/C8H9N2/c1-8(2,3)7(6-10)4-5-9/h1-3H3. The van der Waals surface area contributed by atoms with Crippen LogP contribution in [0, 0.1) is 34.2 Å². The highest BCUT2D eigenvalue weighted by Gasteiger charge is 2.16. The van der Waals surface area contributed by atoms with Crippen LogP contribution in [-0.4, -0.2) is 0 Å². The zero-order valence-corrected chi connectivity index (χ0v) is 6.39. The first-order valence-corrected chi connectivity index (χ1v) is 2.95. The molecule has 0 atom stereocenters. The van der Waals surface area contributed by atoms with E-state index in [-0.39, 0.29) is 5.41 Å². The van der Waals surface area contributed by atoms with E-state index in [1.165, 1.54) is 0 Å². The van der Waals surface area contributed by atoms with Gasteiger partial charge in [0.25, 0.3) is 0 Å². The second-order valence-corrected chi connectivity index (χ2v) is 2.97. The first kappa shape index (κ1) is 8.72. The molecule has 0 saturated carbocycles. The Hall–Kier alpha value is -1.28. The van der Waals surface area contributed by atoms with Gasteiger partial charge in [-0.1, -0.05) is 20.8 Å². The summed E-state index contributed by atoms with van der Waals surface area (Å²) in [5.74, 6) is 0. The van der Waals surface area contributed by atoms with Gasteiger partial charge in [0.05, 0.1) is 17.7 Å². The minimum atomic E-state index is -0.259. The Morgan fingerprint density at radius 3 is 1.80 bits per heavy atom. The van der Waals surface area contributed by atoms with Crippen LogP contribution in [0.5, 0.6) is 0 Å². The highest BCUT2D eigenvalue weighted by Crippen LogP contribution is 2.23. The van der Waals surface area contributed by atoms with Crippen molar-refractivity contribution in [1.29, 1.82) is 10.5 Å². The number of rotatable bonds is 0. The number of nitrogens with zero attached hydrogens (tertiary/aromatic N) is 2. The quantitative estimate of drug-likeness (QED) is 0.473. The van der Waals surface area contributed by atoms with Crippen LogP contribution in [-0.2, 0) is 0 Å². The molecule has 2 heteroatoms. The maximum absolute atomic E-state index is 8.49. The van der Waals surface area contributed by atoms with Gasteiger partial charge in [-0.05, 0) is 5.41 Å². The van der Waals surface area contributed by atoms with Crippen molar-refractivity contribution in [3.8, 4) is 12.1 Å². The molecule has 1 radical (unpaired) electrons. The van der Waals surface area contributed by atoms with Crippen LogP contribution in [0.3, 0.4) is 0 Å². The molecule has 0 heterocycles. The monoisotopic (exact) mass is 133 g/mol. The second-order valence-electron chi connectivity index (χ2n) is 2.97. The molecule has 0 aliphatic carbocycles. The zero-order valence-electron chi connectivity index (χ0n) is 6.39. The lowest BCUT2D eigenvalue weighted by Crippen LogP contribution is -2.07. The molecule has 0 fully saturated rings. The molecule has 0 unspecified atom stereocenters. The SMILES string of the molecule is CC(C)(C)C(=[C]C#N)C#N. The first-order chi connectivity index (χ1) is 4.52. The predicted molar refractivity (Wildman–Crippen MR) is 37.4 cm³/mol. The Morgan fingerprint density at radius 1 is 1.20 bits per heavy atom. The molecule has 0 rings (SSSR count). The van der Waals surface area contributed by atoms with Crippen molar-refractivity contribution in [3.05, 3.63) is 11.6 Å². The third-order valence-electron chi connectivity index (χ3n) is 1.04. The molecule has 0 aromatic heterocycles. The highest BCUT2D eigenvalue weighted by atomic mass is 14.3. The number of allylic oxidation sites excluding steroid dienone is 2. The van der Waals surface area contributed by atoms with Gasteiger partial charge >= 0.3 is 0 Å². The summed E-state index contributed by atoms with van der Waals surface area (Å²) in [6.45, 7) is 5.61. The van der Waals surface area contributed by atoms with Gasteiger partial charge in [0.1, 0.15) is 6.07 Å². The van der Waals surface area contributed by atoms with Crippen molar-refractivity contribution in [2.24, 2.45) is 5.41 Å². The Kier molecular flexibility index (Phi) is 2.65. The molecule has 0 amide bonds. The summed E-state index contributed by atoms with van der Waals surface area (Å²) in [7, 11) is 0. The average Bonchev–Trinajstić information content (AvgIpc) is 1.80. The molecule has 0 N–H and O–H groups in total. The molecule has 0 aromatic carbocycles. The number of hydrogen-bond acceptors (Lipinski definition) is 2. The van der Waals surface area contributed by atoms with Gasteiger partial charge in [0.2, 0.25) is 0 Å². The topological polar surface area (TPSA) is 47.6 Å². The third-order valence-corrected chi connectivity index (χ3v) is 1.04. The van der Waals surface area contributed by atoms with Gasteiger partial charge in [0.15, 0.2) is 0 Å². The third kappa shape index (κ3) is 2.33. The van der Waals surface area contributed by atoms with E-state index in [2.05, 4.69) is 6.08 Å². The number of nitriles is 2. The Balaban J connectivity index is 4.62. The van der Waals surface area contributed by atoms with Gasteiger partial charge in [-0.25, -0.2) is 0 Å². The number of hydrogen-bond donors (Lipinski definition) is 0. The van der Waals surface area contributed by atoms with E-state index >= 15 is 0 Å². The fourth-order valence-corrected chi connectivity index (χ4v) is 0.439. The van der Waals surface area contributed by atoms with Gasteiger partial charge in [-0.3, -0.25) is 0 Å². The van der Waals surface area contributed by atoms with Crippen LogP contribution in [0.2, 0.25) is 0 Å². The van der Waals surface area contributed by atoms with Crippen molar-refractivity contribution < 1.29 is 0 Å². The minimum Gasteiger partial charge on any atom is -0.193 e. The van der Waals surface area contributed by atoms with E-state index in [4.69, 9.17) is 10.5 Å². The molecule has 0 aliphatic rings. The maximum Gasteiger partial charge on any atom is 0.102 e. The molecule has 0 saturated heterocycles. The summed E-state index contributed by atoms with van der Waals surface area (Å²) >= 11 is 0. The van der Waals surface area contributed by atoms with Crippen LogP contribution in [0.1, 0.15) is 20.8 Å². The second kappa shape index (κ2) is 3.03. The van der Waals surface area contributed by atoms with E-state index in [0.717, 1.165) is 0 Å². The van der Waals surface area contributed by atoms with Gasteiger partial charge in [-0.2, -0.15) is 10.5 Å². The van der Waals surface area contributed by atoms with Crippen molar-refractivity contribution in [3.63, 3.8) is 0 Å². The molecule has 0 spiro atoms. The fourth-order valence-electron chi connectivity index (χ4n) is 0.439. The molecule has 2 nitrogen and oxygen atoms in total. The van der Waals surface area contributed by atoms with Crippen molar-refractivity contribution in [2.75, 3.05) is 0 Å². The van der Waals surface area contributed by atoms with E-state index in [0.29, 0.717) is 5.57 Å². The van der Waals surface area contributed by atoms with Crippen molar-refractivity contribution >= 4 is 0 Å². The normalized spacial score (nSPS) is 11.9. The molecule has 51 valence electrons. The van der Waals surface area contributed by atoms with E-state index < -0.39 is 0 Å². The van der Waals surface area contributed by atoms with Crippen LogP contribution >= 0.6 is 0 Å². The van der Waals surface area contributed by atoms with E-state index in [9.17, 15) is 0 Å². The van der Waals surface area contributed by atoms with Gasteiger partial charge in [0, 0.05) is 0 Å². The lowest BCUT2D eigenvalue weighted by molar-refractivity contribution is 0.518. The Morgan fingerprint density at radius 2 is 1.70 bits per heavy atom. The molecule has 0 aromatic rings. The van der Waals surface area contributed by atoms with Gasteiger partial charge in [-0.15, -0.1) is 0 Å². The van der Waals surface area contributed by atoms with Crippen molar-refractivity contribution in [1.82, 2.24) is 0 Å². The summed E-state index contributed by atoms with van der Waals surface area (Å²) in [5, 5.41) is 16.7. The minimum absolute atomic E-state index is 0.259. The summed E-state index contributed by atoms with van der Waals surface area (Å²) in [6, 6.07) is 3.64.